The standard InChI is InChI=1S/C27H29NO3/c1-2-10-24(18-28-26(20-31-27(28)29)22-13-7-4-8-14-22)23-15-9-16-25(17-23)30-19-21-11-5-3-6-12-21/h3-9,11-17,24,26H,2,10,18-20H2,1H3/t24-,26-/m0/s1. The highest BCUT2D eigenvalue weighted by atomic mass is 16.6. The van der Waals surface area contributed by atoms with Gasteiger partial charge in [0.2, 0.25) is 0 Å². The van der Waals surface area contributed by atoms with Gasteiger partial charge in [-0.3, -0.25) is 4.90 Å². The summed E-state index contributed by atoms with van der Waals surface area (Å²) in [5, 5.41) is 0. The van der Waals surface area contributed by atoms with Crippen molar-refractivity contribution in [2.24, 2.45) is 0 Å². The molecule has 3 aromatic carbocycles. The van der Waals surface area contributed by atoms with Crippen molar-refractivity contribution in [1.29, 1.82) is 0 Å². The predicted molar refractivity (Wildman–Crippen MR) is 122 cm³/mol. The first kappa shape index (κ1) is 21.0. The minimum Gasteiger partial charge on any atom is -0.489 e. The van der Waals surface area contributed by atoms with Crippen LogP contribution in [0.4, 0.5) is 4.79 Å². The van der Waals surface area contributed by atoms with E-state index in [1.807, 2.05) is 53.4 Å². The van der Waals surface area contributed by atoms with E-state index in [-0.39, 0.29) is 18.1 Å². The topological polar surface area (TPSA) is 38.8 Å². The molecule has 1 amide bonds. The highest BCUT2D eigenvalue weighted by Gasteiger charge is 2.35. The van der Waals surface area contributed by atoms with Crippen LogP contribution in [0.5, 0.6) is 5.75 Å². The molecule has 0 aromatic heterocycles. The van der Waals surface area contributed by atoms with Gasteiger partial charge >= 0.3 is 6.09 Å². The van der Waals surface area contributed by atoms with E-state index in [1.165, 1.54) is 5.56 Å². The second-order valence-electron chi connectivity index (χ2n) is 7.99. The quantitative estimate of drug-likeness (QED) is 0.409. The van der Waals surface area contributed by atoms with E-state index >= 15 is 0 Å². The average Bonchev–Trinajstić information content (AvgIpc) is 3.19. The molecule has 0 unspecified atom stereocenters. The monoisotopic (exact) mass is 415 g/mol. The van der Waals surface area contributed by atoms with Gasteiger partial charge in [-0.1, -0.05) is 86.1 Å². The molecular formula is C27H29NO3. The van der Waals surface area contributed by atoms with E-state index in [9.17, 15) is 4.79 Å². The number of carbonyl (C=O) groups is 1. The Morgan fingerprint density at radius 2 is 1.74 bits per heavy atom. The third-order valence-electron chi connectivity index (χ3n) is 5.79. The number of nitrogens with zero attached hydrogens (tertiary/aromatic N) is 1. The summed E-state index contributed by atoms with van der Waals surface area (Å²) in [4.78, 5) is 14.4. The molecule has 0 bridgehead atoms. The Morgan fingerprint density at radius 3 is 2.48 bits per heavy atom. The van der Waals surface area contributed by atoms with Crippen molar-refractivity contribution in [1.82, 2.24) is 4.90 Å². The van der Waals surface area contributed by atoms with Crippen LogP contribution >= 0.6 is 0 Å². The summed E-state index contributed by atoms with van der Waals surface area (Å²) in [5.74, 6) is 1.08. The van der Waals surface area contributed by atoms with Gasteiger partial charge in [0, 0.05) is 12.5 Å². The summed E-state index contributed by atoms with van der Waals surface area (Å²) in [7, 11) is 0. The molecule has 0 radical (unpaired) electrons. The van der Waals surface area contributed by atoms with Gasteiger partial charge in [-0.05, 0) is 35.2 Å². The molecule has 1 fully saturated rings. The van der Waals surface area contributed by atoms with Gasteiger partial charge in [0.25, 0.3) is 0 Å². The Hall–Kier alpha value is -3.27. The van der Waals surface area contributed by atoms with E-state index < -0.39 is 0 Å². The number of cyclic esters (lactones) is 1. The first-order valence-corrected chi connectivity index (χ1v) is 11.0. The zero-order valence-corrected chi connectivity index (χ0v) is 17.9. The maximum Gasteiger partial charge on any atom is 0.410 e. The Labute approximate surface area is 184 Å². The first-order valence-electron chi connectivity index (χ1n) is 11.0. The van der Waals surface area contributed by atoms with E-state index in [0.29, 0.717) is 19.8 Å². The van der Waals surface area contributed by atoms with Crippen molar-refractivity contribution in [3.8, 4) is 5.75 Å². The minimum absolute atomic E-state index is 0.0365. The molecule has 0 N–H and O–H groups in total. The highest BCUT2D eigenvalue weighted by molar-refractivity contribution is 5.70. The van der Waals surface area contributed by atoms with Crippen LogP contribution in [0.15, 0.2) is 84.9 Å². The van der Waals surface area contributed by atoms with E-state index in [4.69, 9.17) is 9.47 Å². The van der Waals surface area contributed by atoms with Crippen molar-refractivity contribution in [3.63, 3.8) is 0 Å². The summed E-state index contributed by atoms with van der Waals surface area (Å²) < 4.78 is 11.5. The molecule has 4 nitrogen and oxygen atoms in total. The summed E-state index contributed by atoms with van der Waals surface area (Å²) >= 11 is 0. The molecule has 1 aliphatic heterocycles. The fraction of sp³-hybridized carbons (Fsp3) is 0.296. The Bertz CT molecular complexity index is 974. The van der Waals surface area contributed by atoms with Gasteiger partial charge in [-0.2, -0.15) is 0 Å². The van der Waals surface area contributed by atoms with Crippen LogP contribution in [0.1, 0.15) is 48.4 Å². The van der Waals surface area contributed by atoms with Gasteiger partial charge in [-0.15, -0.1) is 0 Å². The number of hydrogen-bond donors (Lipinski definition) is 0. The summed E-state index contributed by atoms with van der Waals surface area (Å²) in [6.45, 7) is 3.76. The third-order valence-corrected chi connectivity index (χ3v) is 5.79. The van der Waals surface area contributed by atoms with Crippen LogP contribution in [0.3, 0.4) is 0 Å². The van der Waals surface area contributed by atoms with Crippen LogP contribution < -0.4 is 4.74 Å². The first-order chi connectivity index (χ1) is 15.2. The maximum absolute atomic E-state index is 12.5. The summed E-state index contributed by atoms with van der Waals surface area (Å²) in [6, 6.07) is 28.5. The Kier molecular flexibility index (Phi) is 6.88. The molecule has 160 valence electrons. The van der Waals surface area contributed by atoms with Gasteiger partial charge in [0.1, 0.15) is 19.0 Å². The maximum atomic E-state index is 12.5. The van der Waals surface area contributed by atoms with E-state index in [1.54, 1.807) is 0 Å². The fourth-order valence-electron chi connectivity index (χ4n) is 4.15. The van der Waals surface area contributed by atoms with Crippen molar-refractivity contribution in [3.05, 3.63) is 102 Å². The lowest BCUT2D eigenvalue weighted by Gasteiger charge is -2.27. The molecule has 2 atom stereocenters. The highest BCUT2D eigenvalue weighted by Crippen LogP contribution is 2.33. The average molecular weight is 416 g/mol. The molecule has 3 aromatic rings. The summed E-state index contributed by atoms with van der Waals surface area (Å²) in [6.07, 6.45) is 1.80. The number of benzene rings is 3. The number of hydrogen-bond acceptors (Lipinski definition) is 3. The van der Waals surface area contributed by atoms with Crippen molar-refractivity contribution in [2.75, 3.05) is 13.2 Å². The molecule has 1 heterocycles. The Balaban J connectivity index is 1.50. The van der Waals surface area contributed by atoms with E-state index in [0.717, 1.165) is 29.7 Å². The van der Waals surface area contributed by atoms with Crippen LogP contribution in [0.25, 0.3) is 0 Å². The number of carbonyl (C=O) groups excluding carboxylic acids is 1. The molecule has 0 aliphatic carbocycles. The smallest absolute Gasteiger partial charge is 0.410 e. The lowest BCUT2D eigenvalue weighted by molar-refractivity contribution is 0.155. The lowest BCUT2D eigenvalue weighted by atomic mass is 9.93. The second-order valence-corrected chi connectivity index (χ2v) is 7.99. The summed E-state index contributed by atoms with van der Waals surface area (Å²) in [5.41, 5.74) is 3.45. The zero-order chi connectivity index (χ0) is 21.5. The van der Waals surface area contributed by atoms with Crippen molar-refractivity contribution < 1.29 is 14.3 Å². The minimum atomic E-state index is -0.230. The van der Waals surface area contributed by atoms with Crippen molar-refractivity contribution in [2.45, 2.75) is 38.3 Å². The van der Waals surface area contributed by atoms with Gasteiger partial charge in [0.15, 0.2) is 0 Å². The second kappa shape index (κ2) is 10.2. The SMILES string of the molecule is CCC[C@@H](CN1C(=O)OC[C@H]1c1ccccc1)c1cccc(OCc2ccccc2)c1. The van der Waals surface area contributed by atoms with Crippen molar-refractivity contribution >= 4 is 6.09 Å². The van der Waals surface area contributed by atoms with Crippen LogP contribution in [-0.2, 0) is 11.3 Å². The lowest BCUT2D eigenvalue weighted by Crippen LogP contribution is -2.32. The van der Waals surface area contributed by atoms with Crippen LogP contribution in [-0.4, -0.2) is 24.1 Å². The number of rotatable bonds is 9. The zero-order valence-electron chi connectivity index (χ0n) is 17.9. The van der Waals surface area contributed by atoms with Gasteiger partial charge in [-0.25, -0.2) is 4.79 Å². The number of ether oxygens (including phenoxy) is 2. The largest absolute Gasteiger partial charge is 0.489 e. The molecule has 0 spiro atoms. The molecular weight excluding hydrogens is 386 g/mol. The van der Waals surface area contributed by atoms with Gasteiger partial charge < -0.3 is 9.47 Å². The van der Waals surface area contributed by atoms with Gasteiger partial charge in [0.05, 0.1) is 6.04 Å². The van der Waals surface area contributed by atoms with Crippen LogP contribution in [0.2, 0.25) is 0 Å². The molecule has 1 saturated heterocycles. The third kappa shape index (κ3) is 5.26. The van der Waals surface area contributed by atoms with E-state index in [2.05, 4.69) is 43.3 Å². The molecule has 31 heavy (non-hydrogen) atoms. The number of amides is 1. The molecule has 4 heteroatoms. The molecule has 1 aliphatic rings. The fourth-order valence-corrected chi connectivity index (χ4v) is 4.15. The normalized spacial score (nSPS) is 16.7. The predicted octanol–water partition coefficient (Wildman–Crippen LogP) is 6.34. The van der Waals surface area contributed by atoms with Crippen LogP contribution in [0, 0.1) is 0 Å². The molecule has 0 saturated carbocycles. The molecule has 4 rings (SSSR count). The Morgan fingerprint density at radius 1 is 1.00 bits per heavy atom.